The SMILES string of the molecule is c1ccc(OCCNc2ccnc(N3CCC(N4CCOCC4)CC3)n2)cc1. The molecular formula is C21H29N5O2. The number of morpholine rings is 1. The second-order valence-corrected chi connectivity index (χ2v) is 7.20. The van der Waals surface area contributed by atoms with Gasteiger partial charge in [-0.1, -0.05) is 18.2 Å². The van der Waals surface area contributed by atoms with Crippen molar-refractivity contribution in [2.24, 2.45) is 0 Å². The molecule has 0 unspecified atom stereocenters. The Balaban J connectivity index is 1.23. The number of hydrogen-bond donors (Lipinski definition) is 1. The second-order valence-electron chi connectivity index (χ2n) is 7.20. The molecule has 28 heavy (non-hydrogen) atoms. The largest absolute Gasteiger partial charge is 0.492 e. The molecule has 1 aromatic heterocycles. The predicted molar refractivity (Wildman–Crippen MR) is 110 cm³/mol. The van der Waals surface area contributed by atoms with E-state index in [0.717, 1.165) is 69.8 Å². The first-order valence-corrected chi connectivity index (χ1v) is 10.2. The fourth-order valence-electron chi connectivity index (χ4n) is 3.84. The van der Waals surface area contributed by atoms with Crippen molar-refractivity contribution in [2.75, 3.05) is 62.8 Å². The molecule has 150 valence electrons. The van der Waals surface area contributed by atoms with Crippen molar-refractivity contribution >= 4 is 11.8 Å². The third kappa shape index (κ3) is 5.11. The Kier molecular flexibility index (Phi) is 6.57. The monoisotopic (exact) mass is 383 g/mol. The normalized spacial score (nSPS) is 18.8. The summed E-state index contributed by atoms with van der Waals surface area (Å²) in [6, 6.07) is 12.4. The Morgan fingerprint density at radius 1 is 1.04 bits per heavy atom. The molecular weight excluding hydrogens is 354 g/mol. The van der Waals surface area contributed by atoms with E-state index in [1.165, 1.54) is 0 Å². The van der Waals surface area contributed by atoms with E-state index in [4.69, 9.17) is 14.5 Å². The quantitative estimate of drug-likeness (QED) is 0.736. The molecule has 1 aromatic carbocycles. The van der Waals surface area contributed by atoms with Gasteiger partial charge < -0.3 is 19.7 Å². The Labute approximate surface area is 166 Å². The number of anilines is 2. The Morgan fingerprint density at radius 2 is 1.82 bits per heavy atom. The van der Waals surface area contributed by atoms with E-state index in [-0.39, 0.29) is 0 Å². The summed E-state index contributed by atoms with van der Waals surface area (Å²) in [5.41, 5.74) is 0. The van der Waals surface area contributed by atoms with Gasteiger partial charge in [0.2, 0.25) is 5.95 Å². The van der Waals surface area contributed by atoms with Crippen LogP contribution in [0.4, 0.5) is 11.8 Å². The van der Waals surface area contributed by atoms with Gasteiger partial charge in [-0.25, -0.2) is 4.98 Å². The molecule has 7 heteroatoms. The van der Waals surface area contributed by atoms with E-state index in [0.29, 0.717) is 19.2 Å². The third-order valence-corrected chi connectivity index (χ3v) is 5.37. The van der Waals surface area contributed by atoms with Crippen molar-refractivity contribution in [1.82, 2.24) is 14.9 Å². The van der Waals surface area contributed by atoms with Crippen LogP contribution in [0.2, 0.25) is 0 Å². The van der Waals surface area contributed by atoms with Crippen molar-refractivity contribution in [1.29, 1.82) is 0 Å². The standard InChI is InChI=1S/C21H29N5O2/c1-2-4-19(5-3-1)28-15-10-22-20-6-9-23-21(24-20)26-11-7-18(8-12-26)25-13-16-27-17-14-25/h1-6,9,18H,7-8,10-17H2,(H,22,23,24). The van der Waals surface area contributed by atoms with Crippen LogP contribution < -0.4 is 15.0 Å². The zero-order valence-electron chi connectivity index (χ0n) is 16.3. The van der Waals surface area contributed by atoms with E-state index in [1.54, 1.807) is 0 Å². The summed E-state index contributed by atoms with van der Waals surface area (Å²) in [6.45, 7) is 7.15. The van der Waals surface area contributed by atoms with Crippen LogP contribution in [-0.4, -0.2) is 73.5 Å². The molecule has 0 aliphatic carbocycles. The van der Waals surface area contributed by atoms with Gasteiger partial charge in [-0.2, -0.15) is 4.98 Å². The van der Waals surface area contributed by atoms with Gasteiger partial charge in [0.25, 0.3) is 0 Å². The van der Waals surface area contributed by atoms with Crippen molar-refractivity contribution < 1.29 is 9.47 Å². The number of nitrogens with one attached hydrogen (secondary N) is 1. The van der Waals surface area contributed by atoms with E-state index >= 15 is 0 Å². The molecule has 0 saturated carbocycles. The topological polar surface area (TPSA) is 62.8 Å². The number of aromatic nitrogens is 2. The minimum absolute atomic E-state index is 0.592. The summed E-state index contributed by atoms with van der Waals surface area (Å²) in [7, 11) is 0. The number of benzene rings is 1. The maximum atomic E-state index is 5.71. The predicted octanol–water partition coefficient (Wildman–Crippen LogP) is 2.27. The molecule has 2 aliphatic rings. The second kappa shape index (κ2) is 9.71. The molecule has 0 bridgehead atoms. The van der Waals surface area contributed by atoms with E-state index < -0.39 is 0 Å². The first kappa shape index (κ1) is 19.0. The van der Waals surface area contributed by atoms with Gasteiger partial charge in [0.1, 0.15) is 18.2 Å². The molecule has 2 aromatic rings. The number of nitrogens with zero attached hydrogens (tertiary/aromatic N) is 4. The van der Waals surface area contributed by atoms with Crippen molar-refractivity contribution in [3.63, 3.8) is 0 Å². The molecule has 0 spiro atoms. The molecule has 2 fully saturated rings. The van der Waals surface area contributed by atoms with Gasteiger partial charge in [-0.05, 0) is 31.0 Å². The van der Waals surface area contributed by atoms with Gasteiger partial charge in [0, 0.05) is 38.4 Å². The van der Waals surface area contributed by atoms with E-state index in [9.17, 15) is 0 Å². The molecule has 0 atom stereocenters. The Morgan fingerprint density at radius 3 is 2.61 bits per heavy atom. The molecule has 2 saturated heterocycles. The van der Waals surface area contributed by atoms with Crippen molar-refractivity contribution in [3.8, 4) is 5.75 Å². The maximum Gasteiger partial charge on any atom is 0.227 e. The number of hydrogen-bond acceptors (Lipinski definition) is 7. The third-order valence-electron chi connectivity index (χ3n) is 5.37. The zero-order valence-corrected chi connectivity index (χ0v) is 16.3. The first-order chi connectivity index (χ1) is 13.9. The minimum Gasteiger partial charge on any atom is -0.492 e. The number of piperidine rings is 1. The van der Waals surface area contributed by atoms with Crippen LogP contribution in [-0.2, 0) is 4.74 Å². The maximum absolute atomic E-state index is 5.71. The summed E-state index contributed by atoms with van der Waals surface area (Å²) < 4.78 is 11.2. The average molecular weight is 383 g/mol. The fraction of sp³-hybridized carbons (Fsp3) is 0.524. The molecule has 4 rings (SSSR count). The van der Waals surface area contributed by atoms with Crippen LogP contribution in [0.25, 0.3) is 0 Å². The number of ether oxygens (including phenoxy) is 2. The lowest BCUT2D eigenvalue weighted by Crippen LogP contribution is -2.49. The van der Waals surface area contributed by atoms with E-state index in [2.05, 4.69) is 20.1 Å². The molecule has 3 heterocycles. The van der Waals surface area contributed by atoms with E-state index in [1.807, 2.05) is 42.6 Å². The van der Waals surface area contributed by atoms with Crippen molar-refractivity contribution in [2.45, 2.75) is 18.9 Å². The van der Waals surface area contributed by atoms with Crippen LogP contribution in [0.15, 0.2) is 42.6 Å². The molecule has 7 nitrogen and oxygen atoms in total. The van der Waals surface area contributed by atoms with Gasteiger partial charge >= 0.3 is 0 Å². The van der Waals surface area contributed by atoms with Gasteiger partial charge in [0.05, 0.1) is 19.8 Å². The smallest absolute Gasteiger partial charge is 0.227 e. The summed E-state index contributed by atoms with van der Waals surface area (Å²) in [4.78, 5) is 14.0. The lowest BCUT2D eigenvalue weighted by Gasteiger charge is -2.40. The van der Waals surface area contributed by atoms with Crippen LogP contribution >= 0.6 is 0 Å². The lowest BCUT2D eigenvalue weighted by molar-refractivity contribution is 0.0114. The fourth-order valence-corrected chi connectivity index (χ4v) is 3.84. The number of para-hydroxylation sites is 1. The highest BCUT2D eigenvalue weighted by molar-refractivity contribution is 5.41. The van der Waals surface area contributed by atoms with Crippen LogP contribution in [0, 0.1) is 0 Å². The first-order valence-electron chi connectivity index (χ1n) is 10.2. The highest BCUT2D eigenvalue weighted by atomic mass is 16.5. The van der Waals surface area contributed by atoms with Crippen LogP contribution in [0.1, 0.15) is 12.8 Å². The van der Waals surface area contributed by atoms with Gasteiger partial charge in [-0.15, -0.1) is 0 Å². The van der Waals surface area contributed by atoms with Crippen molar-refractivity contribution in [3.05, 3.63) is 42.6 Å². The summed E-state index contributed by atoms with van der Waals surface area (Å²) in [6.07, 6.45) is 4.15. The Hall–Kier alpha value is -2.38. The molecule has 2 aliphatic heterocycles. The minimum atomic E-state index is 0.592. The highest BCUT2D eigenvalue weighted by Gasteiger charge is 2.26. The van der Waals surface area contributed by atoms with Crippen LogP contribution in [0.5, 0.6) is 5.75 Å². The van der Waals surface area contributed by atoms with Gasteiger partial charge in [-0.3, -0.25) is 4.90 Å². The average Bonchev–Trinajstić information content (AvgIpc) is 2.78. The molecule has 0 amide bonds. The van der Waals surface area contributed by atoms with Crippen LogP contribution in [0.3, 0.4) is 0 Å². The highest BCUT2D eigenvalue weighted by Crippen LogP contribution is 2.21. The molecule has 0 radical (unpaired) electrons. The lowest BCUT2D eigenvalue weighted by atomic mass is 10.0. The Bertz CT molecular complexity index is 716. The summed E-state index contributed by atoms with van der Waals surface area (Å²) >= 11 is 0. The summed E-state index contributed by atoms with van der Waals surface area (Å²) in [5.74, 6) is 2.54. The van der Waals surface area contributed by atoms with Gasteiger partial charge in [0.15, 0.2) is 0 Å². The summed E-state index contributed by atoms with van der Waals surface area (Å²) in [5, 5.41) is 3.33. The number of rotatable bonds is 7. The zero-order chi connectivity index (χ0) is 19.0. The molecule has 1 N–H and O–H groups in total.